The summed E-state index contributed by atoms with van der Waals surface area (Å²) in [5, 5.41) is 8.98. The Hall–Kier alpha value is -2.03. The van der Waals surface area contributed by atoms with Gasteiger partial charge in [-0.2, -0.15) is 5.26 Å². The van der Waals surface area contributed by atoms with E-state index in [0.717, 1.165) is 0 Å². The monoisotopic (exact) mass is 312 g/mol. The van der Waals surface area contributed by atoms with Crippen LogP contribution in [0.1, 0.15) is 17.3 Å². The number of Topliss-reactive ketones (excluding diaryl/α,β-unsaturated/α-hetero) is 1. The summed E-state index contributed by atoms with van der Waals surface area (Å²) in [5.41, 5.74) is 5.23. The quantitative estimate of drug-likeness (QED) is 0.523. The maximum atomic E-state index is 11.8. The number of nitrogens with zero attached hydrogens (tertiary/aromatic N) is 1. The Bertz CT molecular complexity index is 629. The molecule has 2 N–H and O–H groups in total. The van der Waals surface area contributed by atoms with Gasteiger partial charge in [0.25, 0.3) is 0 Å². The number of nitrogens with two attached hydrogens (primary N) is 1. The number of hydrogen-bond acceptors (Lipinski definition) is 5. The molecule has 0 atom stereocenters. The lowest BCUT2D eigenvalue weighted by molar-refractivity contribution is -0.118. The number of carbonyl (C=O) groups is 2. The molecule has 0 heterocycles. The van der Waals surface area contributed by atoms with Crippen LogP contribution in [0.15, 0.2) is 29.5 Å². The predicted octanol–water partition coefficient (Wildman–Crippen LogP) is 2.48. The number of esters is 1. The molecule has 0 aromatic heterocycles. The van der Waals surface area contributed by atoms with E-state index in [2.05, 4.69) is 0 Å². The largest absolute Gasteiger partial charge is 0.454 e. The van der Waals surface area contributed by atoms with E-state index in [9.17, 15) is 9.59 Å². The van der Waals surface area contributed by atoms with E-state index >= 15 is 0 Å². The standard InChI is InChI=1S/C13H10Cl2N2O3/c1-7(17)9(5-16)11(18)6-20-13(19)8-3-2-4-10(14)12(8)15/h2-4H,6,17H2,1H3/b9-7+. The molecule has 20 heavy (non-hydrogen) atoms. The third-order valence-corrected chi connectivity index (χ3v) is 3.11. The van der Waals surface area contributed by atoms with Crippen LogP contribution in [0.5, 0.6) is 0 Å². The second-order valence-electron chi connectivity index (χ2n) is 3.77. The van der Waals surface area contributed by atoms with E-state index < -0.39 is 18.4 Å². The van der Waals surface area contributed by atoms with Crippen LogP contribution in [-0.2, 0) is 9.53 Å². The lowest BCUT2D eigenvalue weighted by atomic mass is 10.1. The maximum Gasteiger partial charge on any atom is 0.340 e. The van der Waals surface area contributed by atoms with Gasteiger partial charge in [-0.1, -0.05) is 29.3 Å². The molecule has 1 rings (SSSR count). The molecule has 0 aliphatic carbocycles. The van der Waals surface area contributed by atoms with E-state index in [-0.39, 0.29) is 26.9 Å². The van der Waals surface area contributed by atoms with Crippen molar-refractivity contribution in [3.63, 3.8) is 0 Å². The van der Waals surface area contributed by atoms with Gasteiger partial charge >= 0.3 is 5.97 Å². The molecule has 0 aliphatic rings. The fourth-order valence-corrected chi connectivity index (χ4v) is 1.69. The van der Waals surface area contributed by atoms with Crippen molar-refractivity contribution in [3.05, 3.63) is 45.1 Å². The van der Waals surface area contributed by atoms with Crippen LogP contribution in [0.25, 0.3) is 0 Å². The Morgan fingerprint density at radius 2 is 2.05 bits per heavy atom. The van der Waals surface area contributed by atoms with Crippen molar-refractivity contribution in [1.29, 1.82) is 5.26 Å². The fraction of sp³-hybridized carbons (Fsp3) is 0.154. The number of allylic oxidation sites excluding steroid dienone is 1. The molecule has 0 saturated heterocycles. The van der Waals surface area contributed by atoms with Gasteiger partial charge in [-0.3, -0.25) is 4.79 Å². The maximum absolute atomic E-state index is 11.8. The first-order valence-corrected chi connectivity index (χ1v) is 6.14. The van der Waals surface area contributed by atoms with E-state index in [4.69, 9.17) is 38.9 Å². The normalized spacial score (nSPS) is 11.3. The smallest absolute Gasteiger partial charge is 0.340 e. The Kier molecular flexibility index (Phi) is 5.56. The highest BCUT2D eigenvalue weighted by Gasteiger charge is 2.18. The number of ketones is 1. The molecule has 7 heteroatoms. The molecule has 104 valence electrons. The van der Waals surface area contributed by atoms with Gasteiger partial charge in [-0.15, -0.1) is 0 Å². The summed E-state index contributed by atoms with van der Waals surface area (Å²) in [5.74, 6) is -1.49. The minimum atomic E-state index is -0.808. The number of hydrogen-bond donors (Lipinski definition) is 1. The third kappa shape index (κ3) is 3.73. The van der Waals surface area contributed by atoms with Crippen LogP contribution < -0.4 is 5.73 Å². The van der Waals surface area contributed by atoms with Crippen molar-refractivity contribution in [2.45, 2.75) is 6.92 Å². The zero-order chi connectivity index (χ0) is 15.3. The van der Waals surface area contributed by atoms with Crippen molar-refractivity contribution in [2.75, 3.05) is 6.61 Å². The Morgan fingerprint density at radius 3 is 2.60 bits per heavy atom. The van der Waals surface area contributed by atoms with Crippen molar-refractivity contribution in [1.82, 2.24) is 0 Å². The molecule has 0 aliphatic heterocycles. The summed E-state index contributed by atoms with van der Waals surface area (Å²) in [4.78, 5) is 23.4. The number of ether oxygens (including phenoxy) is 1. The number of rotatable bonds is 4. The molecular weight excluding hydrogens is 303 g/mol. The van der Waals surface area contributed by atoms with Gasteiger partial charge in [-0.05, 0) is 19.1 Å². The van der Waals surface area contributed by atoms with Crippen LogP contribution >= 0.6 is 23.2 Å². The number of benzene rings is 1. The molecule has 1 aromatic carbocycles. The lowest BCUT2D eigenvalue weighted by Crippen LogP contribution is -2.17. The van der Waals surface area contributed by atoms with Gasteiger partial charge in [0, 0.05) is 5.70 Å². The molecule has 0 saturated carbocycles. The highest BCUT2D eigenvalue weighted by atomic mass is 35.5. The van der Waals surface area contributed by atoms with E-state index in [1.807, 2.05) is 0 Å². The van der Waals surface area contributed by atoms with E-state index in [1.165, 1.54) is 25.1 Å². The highest BCUT2D eigenvalue weighted by Crippen LogP contribution is 2.25. The van der Waals surface area contributed by atoms with Crippen molar-refractivity contribution in [2.24, 2.45) is 5.73 Å². The van der Waals surface area contributed by atoms with Crippen molar-refractivity contribution < 1.29 is 14.3 Å². The molecule has 0 fully saturated rings. The van der Waals surface area contributed by atoms with Crippen LogP contribution in [0.4, 0.5) is 0 Å². The molecule has 5 nitrogen and oxygen atoms in total. The van der Waals surface area contributed by atoms with Gasteiger partial charge < -0.3 is 10.5 Å². The topological polar surface area (TPSA) is 93.2 Å². The molecule has 0 amide bonds. The Labute approximate surface area is 125 Å². The minimum absolute atomic E-state index is 0.0395. The second kappa shape index (κ2) is 6.94. The molecular formula is C13H10Cl2N2O3. The average Bonchev–Trinajstić information content (AvgIpc) is 2.39. The zero-order valence-electron chi connectivity index (χ0n) is 10.4. The molecule has 1 aromatic rings. The summed E-state index contributed by atoms with van der Waals surface area (Å²) in [6, 6.07) is 6.10. The summed E-state index contributed by atoms with van der Waals surface area (Å²) in [6.45, 7) is 0.811. The Balaban J connectivity index is 2.79. The van der Waals surface area contributed by atoms with Crippen LogP contribution in [0.3, 0.4) is 0 Å². The summed E-state index contributed by atoms with van der Waals surface area (Å²) >= 11 is 11.6. The van der Waals surface area contributed by atoms with Gasteiger partial charge in [0.05, 0.1) is 15.6 Å². The SMILES string of the molecule is C/C(N)=C(/C#N)C(=O)COC(=O)c1cccc(Cl)c1Cl. The summed E-state index contributed by atoms with van der Waals surface area (Å²) in [7, 11) is 0. The van der Waals surface area contributed by atoms with Gasteiger partial charge in [0.15, 0.2) is 6.61 Å². The van der Waals surface area contributed by atoms with Crippen molar-refractivity contribution in [3.8, 4) is 6.07 Å². The lowest BCUT2D eigenvalue weighted by Gasteiger charge is -2.06. The summed E-state index contributed by atoms with van der Waals surface area (Å²) < 4.78 is 4.79. The Morgan fingerprint density at radius 1 is 1.40 bits per heavy atom. The van der Waals surface area contributed by atoms with Crippen LogP contribution in [-0.4, -0.2) is 18.4 Å². The van der Waals surface area contributed by atoms with Crippen LogP contribution in [0, 0.1) is 11.3 Å². The number of halogens is 2. The van der Waals surface area contributed by atoms with Crippen molar-refractivity contribution >= 4 is 35.0 Å². The van der Waals surface area contributed by atoms with E-state index in [0.29, 0.717) is 0 Å². The predicted molar refractivity (Wildman–Crippen MR) is 74.3 cm³/mol. The first-order valence-electron chi connectivity index (χ1n) is 5.39. The molecule has 0 bridgehead atoms. The molecule has 0 spiro atoms. The van der Waals surface area contributed by atoms with E-state index in [1.54, 1.807) is 6.07 Å². The highest BCUT2D eigenvalue weighted by molar-refractivity contribution is 6.43. The minimum Gasteiger partial charge on any atom is -0.454 e. The molecule has 0 unspecified atom stereocenters. The average molecular weight is 313 g/mol. The number of carbonyl (C=O) groups excluding carboxylic acids is 2. The third-order valence-electron chi connectivity index (χ3n) is 2.29. The zero-order valence-corrected chi connectivity index (χ0v) is 12.0. The first kappa shape index (κ1) is 16.0. The number of nitriles is 1. The molecule has 0 radical (unpaired) electrons. The van der Waals surface area contributed by atoms with Gasteiger partial charge in [0.1, 0.15) is 11.6 Å². The van der Waals surface area contributed by atoms with Gasteiger partial charge in [0.2, 0.25) is 5.78 Å². The summed E-state index contributed by atoms with van der Waals surface area (Å²) in [6.07, 6.45) is 0. The van der Waals surface area contributed by atoms with Crippen LogP contribution in [0.2, 0.25) is 10.0 Å². The van der Waals surface area contributed by atoms with Gasteiger partial charge in [-0.25, -0.2) is 4.79 Å². The first-order chi connectivity index (χ1) is 9.38. The fourth-order valence-electron chi connectivity index (χ4n) is 1.31. The second-order valence-corrected chi connectivity index (χ2v) is 4.56.